The Bertz CT molecular complexity index is 626. The fourth-order valence-electron chi connectivity index (χ4n) is 1.88. The predicted molar refractivity (Wildman–Crippen MR) is 77.8 cm³/mol. The minimum atomic E-state index is -4.44. The second-order valence-corrected chi connectivity index (χ2v) is 5.19. The first-order valence-electron chi connectivity index (χ1n) is 6.06. The summed E-state index contributed by atoms with van der Waals surface area (Å²) < 4.78 is 37.6. The summed E-state index contributed by atoms with van der Waals surface area (Å²) in [5.41, 5.74) is 1.79. The topological polar surface area (TPSA) is 64.9 Å². The molecule has 1 heterocycles. The van der Waals surface area contributed by atoms with E-state index in [1.807, 2.05) is 6.26 Å². The maximum atomic E-state index is 12.5. The summed E-state index contributed by atoms with van der Waals surface area (Å²) >= 11 is 1.42. The molecule has 2 N–H and O–H groups in total. The minimum absolute atomic E-state index is 0.164. The molecule has 1 aromatic carbocycles. The van der Waals surface area contributed by atoms with Crippen LogP contribution in [0.3, 0.4) is 0 Å². The number of hydrogen-bond acceptors (Lipinski definition) is 5. The third-order valence-electron chi connectivity index (χ3n) is 2.88. The molecule has 1 amide bonds. The molecule has 118 valence electrons. The standard InChI is InChI=1S/C13H12F3N3O2S/c1-22-7-11-10(6-17-21)12(20)19(18-11)9-4-2-8(3-5-9)13(14,15)16/h2-6,17,21H,7H2,1H3. The first-order valence-corrected chi connectivity index (χ1v) is 7.46. The molecule has 1 aliphatic heterocycles. The molecule has 0 saturated carbocycles. The zero-order chi connectivity index (χ0) is 16.3. The summed E-state index contributed by atoms with van der Waals surface area (Å²) in [4.78, 5) is 12.2. The van der Waals surface area contributed by atoms with E-state index in [1.54, 1.807) is 5.48 Å². The van der Waals surface area contributed by atoms with Crippen LogP contribution in [0.15, 0.2) is 41.1 Å². The van der Waals surface area contributed by atoms with Gasteiger partial charge in [-0.3, -0.25) is 15.5 Å². The smallest absolute Gasteiger partial charge is 0.292 e. The number of hydrogen-bond donors (Lipinski definition) is 2. The van der Waals surface area contributed by atoms with E-state index in [-0.39, 0.29) is 11.3 Å². The molecule has 0 fully saturated rings. The van der Waals surface area contributed by atoms with Crippen LogP contribution in [0.2, 0.25) is 0 Å². The third-order valence-corrected chi connectivity index (χ3v) is 3.45. The molecule has 0 saturated heterocycles. The second-order valence-electron chi connectivity index (χ2n) is 4.33. The lowest BCUT2D eigenvalue weighted by atomic mass is 10.1. The van der Waals surface area contributed by atoms with Crippen molar-refractivity contribution < 1.29 is 23.2 Å². The molecule has 22 heavy (non-hydrogen) atoms. The van der Waals surface area contributed by atoms with Crippen LogP contribution in [-0.4, -0.2) is 28.8 Å². The molecule has 5 nitrogen and oxygen atoms in total. The van der Waals surface area contributed by atoms with Crippen LogP contribution in [0.25, 0.3) is 0 Å². The number of nitrogens with one attached hydrogen (secondary N) is 1. The number of thioether (sulfide) groups is 1. The van der Waals surface area contributed by atoms with E-state index in [4.69, 9.17) is 5.21 Å². The van der Waals surface area contributed by atoms with Crippen LogP contribution in [0, 0.1) is 0 Å². The zero-order valence-electron chi connectivity index (χ0n) is 11.4. The summed E-state index contributed by atoms with van der Waals surface area (Å²) in [7, 11) is 0. The normalized spacial score (nSPS) is 17.1. The number of carbonyl (C=O) groups is 1. The number of nitrogens with zero attached hydrogens (tertiary/aromatic N) is 2. The van der Waals surface area contributed by atoms with E-state index in [2.05, 4.69) is 5.10 Å². The van der Waals surface area contributed by atoms with Gasteiger partial charge in [0.2, 0.25) is 0 Å². The quantitative estimate of drug-likeness (QED) is 0.658. The highest BCUT2D eigenvalue weighted by Gasteiger charge is 2.33. The maximum absolute atomic E-state index is 12.5. The molecule has 0 aliphatic carbocycles. The van der Waals surface area contributed by atoms with E-state index in [1.165, 1.54) is 23.9 Å². The number of halogens is 3. The number of rotatable bonds is 4. The van der Waals surface area contributed by atoms with Gasteiger partial charge in [-0.1, -0.05) is 0 Å². The van der Waals surface area contributed by atoms with E-state index in [9.17, 15) is 18.0 Å². The van der Waals surface area contributed by atoms with Crippen molar-refractivity contribution in [2.75, 3.05) is 17.0 Å². The van der Waals surface area contributed by atoms with E-state index >= 15 is 0 Å². The van der Waals surface area contributed by atoms with Gasteiger partial charge in [0.1, 0.15) is 0 Å². The molecule has 0 unspecified atom stereocenters. The highest BCUT2D eigenvalue weighted by atomic mass is 32.2. The summed E-state index contributed by atoms with van der Waals surface area (Å²) in [6.45, 7) is 0. The second kappa shape index (κ2) is 6.41. The molecule has 0 aromatic heterocycles. The Labute approximate surface area is 128 Å². The van der Waals surface area contributed by atoms with Crippen LogP contribution in [0.1, 0.15) is 5.56 Å². The molecule has 0 bridgehead atoms. The van der Waals surface area contributed by atoms with Gasteiger partial charge >= 0.3 is 6.18 Å². The predicted octanol–water partition coefficient (Wildman–Crippen LogP) is 2.63. The largest absolute Gasteiger partial charge is 0.416 e. The van der Waals surface area contributed by atoms with Crippen LogP contribution < -0.4 is 10.5 Å². The zero-order valence-corrected chi connectivity index (χ0v) is 12.2. The number of alkyl halides is 3. The van der Waals surface area contributed by atoms with Gasteiger partial charge in [0.05, 0.1) is 22.5 Å². The van der Waals surface area contributed by atoms with Gasteiger partial charge < -0.3 is 0 Å². The molecule has 0 radical (unpaired) electrons. The molecule has 0 atom stereocenters. The van der Waals surface area contributed by atoms with Crippen molar-refractivity contribution in [2.24, 2.45) is 5.10 Å². The van der Waals surface area contributed by atoms with Crippen LogP contribution in [-0.2, 0) is 11.0 Å². The Morgan fingerprint density at radius 3 is 2.50 bits per heavy atom. The maximum Gasteiger partial charge on any atom is 0.416 e. The van der Waals surface area contributed by atoms with Crippen molar-refractivity contribution in [2.45, 2.75) is 6.18 Å². The van der Waals surface area contributed by atoms with E-state index in [0.29, 0.717) is 11.5 Å². The first-order chi connectivity index (χ1) is 10.4. The average Bonchev–Trinajstić information content (AvgIpc) is 2.77. The number of carbonyl (C=O) groups excluding carboxylic acids is 1. The van der Waals surface area contributed by atoms with Crippen molar-refractivity contribution in [3.05, 3.63) is 41.6 Å². The van der Waals surface area contributed by atoms with Gasteiger partial charge in [0.15, 0.2) is 0 Å². The summed E-state index contributed by atoms with van der Waals surface area (Å²) in [6, 6.07) is 4.13. The Morgan fingerprint density at radius 2 is 2.00 bits per heavy atom. The monoisotopic (exact) mass is 331 g/mol. The van der Waals surface area contributed by atoms with E-state index < -0.39 is 17.6 Å². The molecular weight excluding hydrogens is 319 g/mol. The fraction of sp³-hybridized carbons (Fsp3) is 0.231. The highest BCUT2D eigenvalue weighted by molar-refractivity contribution is 7.99. The number of amides is 1. The number of hydrazone groups is 1. The van der Waals surface area contributed by atoms with Gasteiger partial charge in [-0.15, -0.1) is 0 Å². The lowest BCUT2D eigenvalue weighted by molar-refractivity contribution is -0.137. The summed E-state index contributed by atoms with van der Waals surface area (Å²) in [6.07, 6.45) is -1.52. The Morgan fingerprint density at radius 1 is 1.36 bits per heavy atom. The average molecular weight is 331 g/mol. The molecule has 2 rings (SSSR count). The van der Waals surface area contributed by atoms with Crippen LogP contribution >= 0.6 is 11.8 Å². The van der Waals surface area contributed by atoms with Crippen molar-refractivity contribution in [1.82, 2.24) is 5.48 Å². The number of benzene rings is 1. The minimum Gasteiger partial charge on any atom is -0.292 e. The molecule has 9 heteroatoms. The molecular formula is C13H12F3N3O2S. The highest BCUT2D eigenvalue weighted by Crippen LogP contribution is 2.31. The Kier molecular flexibility index (Phi) is 4.77. The Hall–Kier alpha value is -2.00. The van der Waals surface area contributed by atoms with Gasteiger partial charge in [0, 0.05) is 12.0 Å². The fourth-order valence-corrected chi connectivity index (χ4v) is 2.36. The van der Waals surface area contributed by atoms with Crippen molar-refractivity contribution in [3.63, 3.8) is 0 Å². The van der Waals surface area contributed by atoms with Gasteiger partial charge in [-0.2, -0.15) is 35.0 Å². The van der Waals surface area contributed by atoms with Gasteiger partial charge in [-0.05, 0) is 30.5 Å². The third kappa shape index (κ3) is 3.25. The van der Waals surface area contributed by atoms with Crippen LogP contribution in [0.5, 0.6) is 0 Å². The summed E-state index contributed by atoms with van der Waals surface area (Å²) in [5, 5.41) is 13.8. The SMILES string of the molecule is CSCC1=NN(c2ccc(C(F)(F)F)cc2)C(=O)C1=CNO. The van der Waals surface area contributed by atoms with Crippen LogP contribution in [0.4, 0.5) is 18.9 Å². The Balaban J connectivity index is 2.32. The lowest BCUT2D eigenvalue weighted by Crippen LogP contribution is -2.22. The van der Waals surface area contributed by atoms with Crippen molar-refractivity contribution in [3.8, 4) is 0 Å². The van der Waals surface area contributed by atoms with Gasteiger partial charge in [0.25, 0.3) is 5.91 Å². The summed E-state index contributed by atoms with van der Waals surface area (Å²) in [5.74, 6) is -0.0958. The van der Waals surface area contributed by atoms with Crippen molar-refractivity contribution in [1.29, 1.82) is 0 Å². The number of hydroxylamine groups is 1. The first kappa shape index (κ1) is 16.4. The lowest BCUT2D eigenvalue weighted by Gasteiger charge is -2.13. The van der Waals surface area contributed by atoms with Crippen molar-refractivity contribution >= 4 is 29.1 Å². The number of anilines is 1. The van der Waals surface area contributed by atoms with E-state index in [0.717, 1.165) is 23.3 Å². The van der Waals surface area contributed by atoms with Gasteiger partial charge in [-0.25, -0.2) is 0 Å². The molecule has 1 aromatic rings. The molecule has 1 aliphatic rings. The molecule has 0 spiro atoms.